The van der Waals surface area contributed by atoms with Gasteiger partial charge >= 0.3 is 6.03 Å². The normalized spacial score (nSPS) is 18.4. The first-order chi connectivity index (χ1) is 16.7. The Morgan fingerprint density at radius 2 is 2.03 bits per heavy atom. The Kier molecular flexibility index (Phi) is 8.72. The van der Waals surface area contributed by atoms with E-state index in [2.05, 4.69) is 22.1 Å². The van der Waals surface area contributed by atoms with Crippen LogP contribution in [0.5, 0.6) is 5.88 Å². The lowest BCUT2D eigenvalue weighted by Gasteiger charge is -2.37. The first-order valence-electron chi connectivity index (χ1n) is 11.9. The predicted molar refractivity (Wildman–Crippen MR) is 135 cm³/mol. The molecule has 1 aromatic heterocycles. The van der Waals surface area contributed by atoms with Crippen LogP contribution < -0.4 is 10.1 Å². The monoisotopic (exact) mass is 478 g/mol. The van der Waals surface area contributed by atoms with E-state index in [1.165, 1.54) is 0 Å². The molecule has 3 amide bonds. The highest BCUT2D eigenvalue weighted by molar-refractivity contribution is 5.97. The van der Waals surface area contributed by atoms with Gasteiger partial charge in [-0.2, -0.15) is 0 Å². The Morgan fingerprint density at radius 3 is 2.69 bits per heavy atom. The quantitative estimate of drug-likeness (QED) is 0.642. The van der Waals surface area contributed by atoms with Crippen molar-refractivity contribution in [3.63, 3.8) is 0 Å². The van der Waals surface area contributed by atoms with Gasteiger partial charge in [-0.1, -0.05) is 50.8 Å². The summed E-state index contributed by atoms with van der Waals surface area (Å²) in [7, 11) is 1.70. The maximum atomic E-state index is 13.4. The van der Waals surface area contributed by atoms with Crippen molar-refractivity contribution in [3.8, 4) is 17.7 Å². The number of para-hydroxylation sites is 1. The van der Waals surface area contributed by atoms with Crippen LogP contribution in [0, 0.1) is 23.7 Å². The van der Waals surface area contributed by atoms with Crippen molar-refractivity contribution in [3.05, 3.63) is 53.7 Å². The Labute approximate surface area is 207 Å². The lowest BCUT2D eigenvalue weighted by molar-refractivity contribution is 0.0356. The van der Waals surface area contributed by atoms with Crippen LogP contribution in [0.3, 0.4) is 0 Å². The smallest absolute Gasteiger partial charge is 0.321 e. The topological polar surface area (TPSA) is 95.0 Å². The molecule has 2 heterocycles. The molecule has 0 saturated carbocycles. The molecule has 0 spiro atoms. The summed E-state index contributed by atoms with van der Waals surface area (Å²) in [5.41, 5.74) is 1.62. The summed E-state index contributed by atoms with van der Waals surface area (Å²) in [6.07, 6.45) is 1.16. The number of urea groups is 1. The van der Waals surface area contributed by atoms with Crippen LogP contribution in [0.4, 0.5) is 10.5 Å². The first-order valence-corrected chi connectivity index (χ1v) is 11.9. The summed E-state index contributed by atoms with van der Waals surface area (Å²) in [5.74, 6) is 6.12. The van der Waals surface area contributed by atoms with Gasteiger partial charge in [0.25, 0.3) is 5.91 Å². The number of nitrogens with one attached hydrogen (secondary N) is 1. The van der Waals surface area contributed by atoms with Gasteiger partial charge < -0.3 is 25.0 Å². The molecule has 0 saturated heterocycles. The molecule has 0 radical (unpaired) electrons. The molecular weight excluding hydrogens is 444 g/mol. The van der Waals surface area contributed by atoms with Crippen molar-refractivity contribution < 1.29 is 19.4 Å². The summed E-state index contributed by atoms with van der Waals surface area (Å²) >= 11 is 0. The number of rotatable bonds is 5. The molecule has 8 nitrogen and oxygen atoms in total. The molecule has 2 aromatic rings. The second-order valence-corrected chi connectivity index (χ2v) is 9.30. The minimum atomic E-state index is -0.429. The summed E-state index contributed by atoms with van der Waals surface area (Å²) in [6.45, 7) is 8.22. The number of nitrogens with zero attached hydrogens (tertiary/aromatic N) is 3. The van der Waals surface area contributed by atoms with Crippen LogP contribution in [0.1, 0.15) is 43.6 Å². The molecule has 0 unspecified atom stereocenters. The van der Waals surface area contributed by atoms with E-state index >= 15 is 0 Å². The molecule has 186 valence electrons. The van der Waals surface area contributed by atoms with Crippen LogP contribution >= 0.6 is 0 Å². The maximum absolute atomic E-state index is 13.4. The summed E-state index contributed by atoms with van der Waals surface area (Å²) < 4.78 is 6.24. The van der Waals surface area contributed by atoms with E-state index in [9.17, 15) is 14.7 Å². The molecular formula is C27H34N4O4. The van der Waals surface area contributed by atoms with Crippen LogP contribution in [0.2, 0.25) is 0 Å². The highest BCUT2D eigenvalue weighted by atomic mass is 16.5. The van der Waals surface area contributed by atoms with Crippen molar-refractivity contribution >= 4 is 17.6 Å². The lowest BCUT2D eigenvalue weighted by atomic mass is 10.00. The van der Waals surface area contributed by atoms with Crippen molar-refractivity contribution in [2.45, 2.75) is 39.8 Å². The highest BCUT2D eigenvalue weighted by Gasteiger charge is 2.34. The second-order valence-electron chi connectivity index (χ2n) is 9.30. The first kappa shape index (κ1) is 26.0. The van der Waals surface area contributed by atoms with Gasteiger partial charge in [0.2, 0.25) is 5.88 Å². The van der Waals surface area contributed by atoms with Gasteiger partial charge in [0, 0.05) is 42.9 Å². The number of hydrogen-bond donors (Lipinski definition) is 2. The number of aliphatic hydroxyl groups is 1. The van der Waals surface area contributed by atoms with Gasteiger partial charge in [-0.05, 0) is 25.1 Å². The number of ether oxygens (including phenoxy) is 1. The number of likely N-dealkylation sites (N-methyl/N-ethyl adjacent to an activating group) is 1. The van der Waals surface area contributed by atoms with Gasteiger partial charge in [-0.15, -0.1) is 0 Å². The van der Waals surface area contributed by atoms with E-state index in [1.807, 2.05) is 51.1 Å². The standard InChI is InChI=1S/C27H34N4O4/c1-18(2)11-12-21-13-23-25(28-14-21)35-24(19(3)15-31(26(23)33)20(4)17-32)16-30(5)27(34)29-22-9-7-6-8-10-22/h6-10,13-14,18-20,24,32H,15-17H2,1-5H3,(H,29,34)/t19-,20+,24-/m1/s1. The zero-order chi connectivity index (χ0) is 25.5. The number of hydrogen-bond acceptors (Lipinski definition) is 5. The Bertz CT molecular complexity index is 1090. The Morgan fingerprint density at radius 1 is 1.31 bits per heavy atom. The SMILES string of the molecule is CC(C)C#Cc1cnc2c(c1)C(=O)N([C@@H](C)CO)C[C@@H](C)[C@@H](CN(C)C(=O)Nc1ccccc1)O2. The fraction of sp³-hybridized carbons (Fsp3) is 0.444. The second kappa shape index (κ2) is 11.7. The van der Waals surface area contributed by atoms with Crippen LogP contribution in [0.15, 0.2) is 42.6 Å². The third-order valence-corrected chi connectivity index (χ3v) is 5.85. The van der Waals surface area contributed by atoms with Gasteiger partial charge in [-0.3, -0.25) is 4.79 Å². The van der Waals surface area contributed by atoms with Gasteiger partial charge in [-0.25, -0.2) is 9.78 Å². The van der Waals surface area contributed by atoms with Crippen LogP contribution in [0.25, 0.3) is 0 Å². The third kappa shape index (κ3) is 6.74. The van der Waals surface area contributed by atoms with E-state index in [1.54, 1.807) is 36.0 Å². The van der Waals surface area contributed by atoms with Crippen molar-refractivity contribution in [2.75, 3.05) is 32.1 Å². The van der Waals surface area contributed by atoms with Crippen molar-refractivity contribution in [2.24, 2.45) is 11.8 Å². The fourth-order valence-corrected chi connectivity index (χ4v) is 3.71. The number of amides is 3. The number of aliphatic hydroxyl groups excluding tert-OH is 1. The molecule has 1 aliphatic heterocycles. The molecule has 2 N–H and O–H groups in total. The predicted octanol–water partition coefficient (Wildman–Crippen LogP) is 3.47. The average Bonchev–Trinajstić information content (AvgIpc) is 2.84. The lowest BCUT2D eigenvalue weighted by Crippen LogP contribution is -2.50. The Balaban J connectivity index is 1.89. The van der Waals surface area contributed by atoms with Crippen molar-refractivity contribution in [1.29, 1.82) is 0 Å². The molecule has 3 atom stereocenters. The molecule has 35 heavy (non-hydrogen) atoms. The maximum Gasteiger partial charge on any atom is 0.321 e. The number of aromatic nitrogens is 1. The van der Waals surface area contributed by atoms with Gasteiger partial charge in [0.15, 0.2) is 0 Å². The number of carbonyl (C=O) groups is 2. The number of benzene rings is 1. The van der Waals surface area contributed by atoms with E-state index in [-0.39, 0.29) is 48.8 Å². The molecule has 0 aliphatic carbocycles. The molecule has 8 heteroatoms. The summed E-state index contributed by atoms with van der Waals surface area (Å²) in [5, 5.41) is 12.7. The van der Waals surface area contributed by atoms with Gasteiger partial charge in [0.1, 0.15) is 11.7 Å². The number of anilines is 1. The minimum absolute atomic E-state index is 0.129. The number of pyridine rings is 1. The Hall–Kier alpha value is -3.57. The van der Waals surface area contributed by atoms with E-state index in [0.29, 0.717) is 23.4 Å². The number of fused-ring (bicyclic) bond motifs is 1. The highest BCUT2D eigenvalue weighted by Crippen LogP contribution is 2.27. The van der Waals surface area contributed by atoms with Crippen LogP contribution in [-0.4, -0.2) is 70.7 Å². The average molecular weight is 479 g/mol. The van der Waals surface area contributed by atoms with E-state index in [4.69, 9.17) is 4.74 Å². The molecule has 1 aromatic carbocycles. The summed E-state index contributed by atoms with van der Waals surface area (Å²) in [4.78, 5) is 33.8. The fourth-order valence-electron chi connectivity index (χ4n) is 3.71. The zero-order valence-corrected chi connectivity index (χ0v) is 21.0. The van der Waals surface area contributed by atoms with Crippen molar-refractivity contribution in [1.82, 2.24) is 14.8 Å². The molecule has 1 aliphatic rings. The molecule has 0 fully saturated rings. The van der Waals surface area contributed by atoms with Crippen LogP contribution in [-0.2, 0) is 0 Å². The van der Waals surface area contributed by atoms with E-state index < -0.39 is 6.10 Å². The summed E-state index contributed by atoms with van der Waals surface area (Å²) in [6, 6.07) is 10.3. The number of carbonyl (C=O) groups excluding carboxylic acids is 2. The third-order valence-electron chi connectivity index (χ3n) is 5.85. The van der Waals surface area contributed by atoms with E-state index in [0.717, 1.165) is 0 Å². The minimum Gasteiger partial charge on any atom is -0.472 e. The largest absolute Gasteiger partial charge is 0.472 e. The molecule has 0 bridgehead atoms. The zero-order valence-electron chi connectivity index (χ0n) is 21.0. The molecule has 3 rings (SSSR count). The van der Waals surface area contributed by atoms with Gasteiger partial charge in [0.05, 0.1) is 19.2 Å².